The van der Waals surface area contributed by atoms with Crippen molar-refractivity contribution in [1.82, 2.24) is 14.5 Å². The van der Waals surface area contributed by atoms with E-state index >= 15 is 0 Å². The van der Waals surface area contributed by atoms with Crippen LogP contribution in [0.4, 0.5) is 23.1 Å². The third kappa shape index (κ3) is 5.09. The van der Waals surface area contributed by atoms with E-state index in [-0.39, 0.29) is 5.91 Å². The van der Waals surface area contributed by atoms with Gasteiger partial charge in [-0.15, -0.1) is 0 Å². The second kappa shape index (κ2) is 9.79. The Balaban J connectivity index is 1.22. The zero-order valence-electron chi connectivity index (χ0n) is 19.2. The zero-order chi connectivity index (χ0) is 23.3. The van der Waals surface area contributed by atoms with Crippen LogP contribution < -0.4 is 15.5 Å². The fraction of sp³-hybridized carbons (Fsp3) is 0.222. The Labute approximate surface area is 199 Å². The maximum atomic E-state index is 12.7. The summed E-state index contributed by atoms with van der Waals surface area (Å²) in [6.07, 6.45) is 7.64. The molecule has 0 atom stereocenters. The van der Waals surface area contributed by atoms with Gasteiger partial charge in [0.15, 0.2) is 0 Å². The average Bonchev–Trinajstić information content (AvgIpc) is 3.41. The van der Waals surface area contributed by atoms with Crippen LogP contribution in [0.2, 0.25) is 0 Å². The molecule has 0 aliphatic carbocycles. The molecule has 34 heavy (non-hydrogen) atoms. The molecule has 3 heterocycles. The molecular weight excluding hydrogens is 424 g/mol. The molecule has 172 valence electrons. The van der Waals surface area contributed by atoms with Crippen molar-refractivity contribution in [2.24, 2.45) is 0 Å². The molecule has 4 aromatic rings. The van der Waals surface area contributed by atoms with E-state index in [0.717, 1.165) is 41.7 Å². The number of hydrogen-bond acceptors (Lipinski definition) is 5. The van der Waals surface area contributed by atoms with E-state index in [4.69, 9.17) is 4.98 Å². The Bertz CT molecular complexity index is 1240. The lowest BCUT2D eigenvalue weighted by molar-refractivity contribution is 0.102. The lowest BCUT2D eigenvalue weighted by atomic mass is 10.1. The normalized spacial score (nSPS) is 13.5. The Kier molecular flexibility index (Phi) is 6.25. The molecule has 0 saturated carbocycles. The molecule has 0 radical (unpaired) electrons. The number of carbonyl (C=O) groups excluding carboxylic acids is 1. The number of amides is 1. The molecule has 1 aliphatic heterocycles. The number of anilines is 4. The zero-order valence-corrected chi connectivity index (χ0v) is 19.2. The van der Waals surface area contributed by atoms with Crippen LogP contribution in [0.1, 0.15) is 35.3 Å². The molecule has 0 spiro atoms. The summed E-state index contributed by atoms with van der Waals surface area (Å²) in [7, 11) is 0. The highest BCUT2D eigenvalue weighted by molar-refractivity contribution is 6.04. The topological polar surface area (TPSA) is 75.1 Å². The minimum absolute atomic E-state index is 0.145. The number of aromatic nitrogens is 3. The molecule has 1 aliphatic rings. The van der Waals surface area contributed by atoms with Crippen LogP contribution in [0.25, 0.3) is 5.69 Å². The van der Waals surface area contributed by atoms with Gasteiger partial charge in [0.2, 0.25) is 5.95 Å². The first-order valence-corrected chi connectivity index (χ1v) is 11.7. The molecule has 1 fully saturated rings. The number of carbonyl (C=O) groups is 1. The fourth-order valence-electron chi connectivity index (χ4n) is 4.15. The van der Waals surface area contributed by atoms with Crippen molar-refractivity contribution in [3.63, 3.8) is 0 Å². The molecule has 1 saturated heterocycles. The van der Waals surface area contributed by atoms with Gasteiger partial charge in [-0.25, -0.2) is 4.98 Å². The first-order chi connectivity index (χ1) is 16.6. The van der Waals surface area contributed by atoms with Gasteiger partial charge in [-0.3, -0.25) is 4.79 Å². The van der Waals surface area contributed by atoms with Gasteiger partial charge in [0, 0.05) is 59.9 Å². The molecule has 2 aromatic heterocycles. The third-order valence-corrected chi connectivity index (χ3v) is 5.95. The van der Waals surface area contributed by atoms with Crippen molar-refractivity contribution >= 4 is 29.0 Å². The molecule has 0 bridgehead atoms. The van der Waals surface area contributed by atoms with Gasteiger partial charge in [0.05, 0.1) is 0 Å². The highest BCUT2D eigenvalue weighted by Crippen LogP contribution is 2.22. The predicted octanol–water partition coefficient (Wildman–Crippen LogP) is 5.56. The van der Waals surface area contributed by atoms with Crippen molar-refractivity contribution in [2.45, 2.75) is 26.2 Å². The maximum absolute atomic E-state index is 12.7. The summed E-state index contributed by atoms with van der Waals surface area (Å²) < 4.78 is 2.00. The standard InChI is InChI=1S/C27H28N6O/c1-20-19-25(33-17-3-2-4-18-33)31-27(28-20)30-23-11-9-22(10-12-23)29-26(34)21-7-13-24(14-8-21)32-15-5-6-16-32/h5-16,19H,2-4,17-18H2,1H3,(H,29,34)(H,28,30,31). The van der Waals surface area contributed by atoms with Gasteiger partial charge in [0.1, 0.15) is 5.82 Å². The SMILES string of the molecule is Cc1cc(N2CCCCC2)nc(Nc2ccc(NC(=O)c3ccc(-n4cccc4)cc3)cc2)n1. The van der Waals surface area contributed by atoms with E-state index in [1.807, 2.05) is 90.6 Å². The number of piperidine rings is 1. The summed E-state index contributed by atoms with van der Waals surface area (Å²) in [6.45, 7) is 4.07. The van der Waals surface area contributed by atoms with Gasteiger partial charge >= 0.3 is 0 Å². The second-order valence-corrected chi connectivity index (χ2v) is 8.53. The smallest absolute Gasteiger partial charge is 0.255 e. The Hall–Kier alpha value is -4.13. The first kappa shape index (κ1) is 21.7. The Morgan fingerprint density at radius 2 is 1.53 bits per heavy atom. The lowest BCUT2D eigenvalue weighted by Gasteiger charge is -2.28. The number of nitrogens with one attached hydrogen (secondary N) is 2. The molecule has 0 unspecified atom stereocenters. The largest absolute Gasteiger partial charge is 0.356 e. The van der Waals surface area contributed by atoms with Gasteiger partial charge in [-0.2, -0.15) is 4.98 Å². The molecule has 2 aromatic carbocycles. The molecular formula is C27H28N6O. The summed E-state index contributed by atoms with van der Waals surface area (Å²) in [6, 6.07) is 21.1. The number of benzene rings is 2. The van der Waals surface area contributed by atoms with E-state index < -0.39 is 0 Å². The van der Waals surface area contributed by atoms with Crippen LogP contribution in [0.3, 0.4) is 0 Å². The van der Waals surface area contributed by atoms with Crippen LogP contribution in [-0.4, -0.2) is 33.5 Å². The van der Waals surface area contributed by atoms with Gasteiger partial charge in [0.25, 0.3) is 5.91 Å². The number of aryl methyl sites for hydroxylation is 1. The molecule has 1 amide bonds. The molecule has 7 nitrogen and oxygen atoms in total. The monoisotopic (exact) mass is 452 g/mol. The van der Waals surface area contributed by atoms with Crippen molar-refractivity contribution in [3.8, 4) is 5.69 Å². The number of hydrogen-bond donors (Lipinski definition) is 2. The van der Waals surface area contributed by atoms with Crippen LogP contribution in [0, 0.1) is 6.92 Å². The Morgan fingerprint density at radius 3 is 2.24 bits per heavy atom. The van der Waals surface area contributed by atoms with Crippen molar-refractivity contribution in [3.05, 3.63) is 90.4 Å². The molecule has 2 N–H and O–H groups in total. The quantitative estimate of drug-likeness (QED) is 0.400. The molecule has 5 rings (SSSR count). The lowest BCUT2D eigenvalue weighted by Crippen LogP contribution is -2.30. The average molecular weight is 453 g/mol. The van der Waals surface area contributed by atoms with Crippen LogP contribution in [0.5, 0.6) is 0 Å². The van der Waals surface area contributed by atoms with Crippen molar-refractivity contribution in [2.75, 3.05) is 28.6 Å². The maximum Gasteiger partial charge on any atom is 0.255 e. The summed E-state index contributed by atoms with van der Waals surface area (Å²) in [4.78, 5) is 24.2. The fourth-order valence-corrected chi connectivity index (χ4v) is 4.15. The summed E-state index contributed by atoms with van der Waals surface area (Å²) >= 11 is 0. The molecule has 7 heteroatoms. The second-order valence-electron chi connectivity index (χ2n) is 8.53. The minimum atomic E-state index is -0.145. The highest BCUT2D eigenvalue weighted by Gasteiger charge is 2.14. The summed E-state index contributed by atoms with van der Waals surface area (Å²) in [5.41, 5.74) is 4.15. The van der Waals surface area contributed by atoms with E-state index in [9.17, 15) is 4.79 Å². The minimum Gasteiger partial charge on any atom is -0.356 e. The summed E-state index contributed by atoms with van der Waals surface area (Å²) in [5.74, 6) is 1.41. The van der Waals surface area contributed by atoms with Gasteiger partial charge < -0.3 is 20.1 Å². The number of nitrogens with zero attached hydrogens (tertiary/aromatic N) is 4. The van der Waals surface area contributed by atoms with E-state index in [1.165, 1.54) is 19.3 Å². The Morgan fingerprint density at radius 1 is 0.853 bits per heavy atom. The van der Waals surface area contributed by atoms with Crippen LogP contribution >= 0.6 is 0 Å². The van der Waals surface area contributed by atoms with E-state index in [2.05, 4.69) is 20.5 Å². The predicted molar refractivity (Wildman–Crippen MR) is 136 cm³/mol. The highest BCUT2D eigenvalue weighted by atomic mass is 16.1. The third-order valence-electron chi connectivity index (χ3n) is 5.95. The number of rotatable bonds is 6. The van der Waals surface area contributed by atoms with Crippen LogP contribution in [0.15, 0.2) is 79.1 Å². The van der Waals surface area contributed by atoms with Crippen molar-refractivity contribution < 1.29 is 4.79 Å². The van der Waals surface area contributed by atoms with Gasteiger partial charge in [-0.1, -0.05) is 0 Å². The summed E-state index contributed by atoms with van der Waals surface area (Å²) in [5, 5.41) is 6.25. The van der Waals surface area contributed by atoms with E-state index in [0.29, 0.717) is 11.5 Å². The van der Waals surface area contributed by atoms with Crippen LogP contribution in [-0.2, 0) is 0 Å². The first-order valence-electron chi connectivity index (χ1n) is 11.7. The van der Waals surface area contributed by atoms with Gasteiger partial charge in [-0.05, 0) is 86.8 Å². The van der Waals surface area contributed by atoms with E-state index in [1.54, 1.807) is 0 Å². The van der Waals surface area contributed by atoms with Crippen molar-refractivity contribution in [1.29, 1.82) is 0 Å².